The summed E-state index contributed by atoms with van der Waals surface area (Å²) in [6.45, 7) is 6.78. The third kappa shape index (κ3) is 1.68. The van der Waals surface area contributed by atoms with Gasteiger partial charge in [-0.3, -0.25) is 5.10 Å². The number of nitrogens with one attached hydrogen (secondary N) is 1. The van der Waals surface area contributed by atoms with Gasteiger partial charge in [0.1, 0.15) is 0 Å². The van der Waals surface area contributed by atoms with Crippen molar-refractivity contribution in [1.29, 1.82) is 0 Å². The molecule has 1 aromatic heterocycles. The molecule has 0 aliphatic carbocycles. The van der Waals surface area contributed by atoms with Crippen molar-refractivity contribution in [3.8, 4) is 0 Å². The number of hydrogen-bond acceptors (Lipinski definition) is 1. The van der Waals surface area contributed by atoms with Crippen LogP contribution in [0, 0.1) is 0 Å². The van der Waals surface area contributed by atoms with Crippen molar-refractivity contribution in [2.24, 2.45) is 0 Å². The molecule has 0 aromatic carbocycles. The normalized spacial score (nSPS) is 15.9. The molecule has 0 radical (unpaired) electrons. The van der Waals surface area contributed by atoms with Crippen LogP contribution in [0.4, 0.5) is 0 Å². The molecule has 0 bridgehead atoms. The van der Waals surface area contributed by atoms with Crippen molar-refractivity contribution >= 4 is 0 Å². The molecule has 0 amide bonds. The molecule has 1 heterocycles. The first-order valence-electron chi connectivity index (χ1n) is 4.72. The molecule has 1 atom stereocenters. The predicted molar refractivity (Wildman–Crippen MR) is 51.1 cm³/mol. The standard InChI is InChI=1S/C10H18N2/c1-4-6-10(3,5-2)9-7-11-12-8-9/h7-8H,4-6H2,1-3H3,(H,11,12). The Morgan fingerprint density at radius 1 is 1.50 bits per heavy atom. The molecule has 68 valence electrons. The molecule has 1 rings (SSSR count). The molecule has 1 unspecified atom stereocenters. The summed E-state index contributed by atoms with van der Waals surface area (Å²) in [5, 5.41) is 6.87. The lowest BCUT2D eigenvalue weighted by Gasteiger charge is -2.26. The van der Waals surface area contributed by atoms with Crippen molar-refractivity contribution in [2.75, 3.05) is 0 Å². The van der Waals surface area contributed by atoms with Gasteiger partial charge in [0.15, 0.2) is 0 Å². The molecular weight excluding hydrogens is 148 g/mol. The van der Waals surface area contributed by atoms with Gasteiger partial charge < -0.3 is 0 Å². The molecule has 0 saturated carbocycles. The summed E-state index contributed by atoms with van der Waals surface area (Å²) in [6, 6.07) is 0. The predicted octanol–water partition coefficient (Wildman–Crippen LogP) is 2.88. The summed E-state index contributed by atoms with van der Waals surface area (Å²) in [5.41, 5.74) is 1.66. The first-order valence-corrected chi connectivity index (χ1v) is 4.72. The van der Waals surface area contributed by atoms with E-state index in [1.165, 1.54) is 24.8 Å². The van der Waals surface area contributed by atoms with E-state index >= 15 is 0 Å². The first-order chi connectivity index (χ1) is 5.73. The number of rotatable bonds is 4. The van der Waals surface area contributed by atoms with Gasteiger partial charge in [-0.25, -0.2) is 0 Å². The Kier molecular flexibility index (Phi) is 2.90. The van der Waals surface area contributed by atoms with Crippen LogP contribution in [0.2, 0.25) is 0 Å². The third-order valence-electron chi connectivity index (χ3n) is 2.78. The molecule has 0 fully saturated rings. The zero-order chi connectivity index (χ0) is 9.03. The van der Waals surface area contributed by atoms with Gasteiger partial charge in [-0.15, -0.1) is 0 Å². The van der Waals surface area contributed by atoms with E-state index in [1.807, 2.05) is 12.4 Å². The highest BCUT2D eigenvalue weighted by Crippen LogP contribution is 2.31. The second-order valence-electron chi connectivity index (χ2n) is 3.65. The van der Waals surface area contributed by atoms with E-state index in [1.54, 1.807) is 0 Å². The largest absolute Gasteiger partial charge is 0.285 e. The average Bonchev–Trinajstić information content (AvgIpc) is 2.57. The van der Waals surface area contributed by atoms with Gasteiger partial charge in [0.2, 0.25) is 0 Å². The fourth-order valence-corrected chi connectivity index (χ4v) is 1.66. The third-order valence-corrected chi connectivity index (χ3v) is 2.78. The monoisotopic (exact) mass is 166 g/mol. The minimum atomic E-state index is 0.321. The van der Waals surface area contributed by atoms with Gasteiger partial charge >= 0.3 is 0 Å². The van der Waals surface area contributed by atoms with Crippen LogP contribution in [0.25, 0.3) is 0 Å². The highest BCUT2D eigenvalue weighted by molar-refractivity contribution is 5.16. The van der Waals surface area contributed by atoms with Crippen LogP contribution in [0.3, 0.4) is 0 Å². The Bertz CT molecular complexity index is 216. The van der Waals surface area contributed by atoms with E-state index < -0.39 is 0 Å². The van der Waals surface area contributed by atoms with Crippen LogP contribution >= 0.6 is 0 Å². The fourth-order valence-electron chi connectivity index (χ4n) is 1.66. The van der Waals surface area contributed by atoms with Crippen molar-refractivity contribution in [1.82, 2.24) is 10.2 Å². The van der Waals surface area contributed by atoms with E-state index in [9.17, 15) is 0 Å². The van der Waals surface area contributed by atoms with Crippen LogP contribution < -0.4 is 0 Å². The van der Waals surface area contributed by atoms with Crippen molar-refractivity contribution in [2.45, 2.75) is 45.4 Å². The Hall–Kier alpha value is -0.790. The molecule has 0 aliphatic heterocycles. The Morgan fingerprint density at radius 3 is 2.67 bits per heavy atom. The minimum absolute atomic E-state index is 0.321. The molecule has 1 aromatic rings. The Labute approximate surface area is 74.4 Å². The maximum Gasteiger partial charge on any atom is 0.0524 e. The van der Waals surface area contributed by atoms with Gasteiger partial charge in [0, 0.05) is 6.20 Å². The highest BCUT2D eigenvalue weighted by Gasteiger charge is 2.23. The molecule has 1 N–H and O–H groups in total. The number of aromatic nitrogens is 2. The van der Waals surface area contributed by atoms with Gasteiger partial charge in [0.25, 0.3) is 0 Å². The lowest BCUT2D eigenvalue weighted by molar-refractivity contribution is 0.414. The molecular formula is C10H18N2. The maximum atomic E-state index is 3.99. The molecule has 12 heavy (non-hydrogen) atoms. The number of hydrogen-bond donors (Lipinski definition) is 1. The Balaban J connectivity index is 2.80. The SMILES string of the molecule is CCCC(C)(CC)c1cn[nH]c1. The number of aromatic amines is 1. The molecule has 2 nitrogen and oxygen atoms in total. The van der Waals surface area contributed by atoms with E-state index in [0.717, 1.165) is 0 Å². The quantitative estimate of drug-likeness (QED) is 0.732. The minimum Gasteiger partial charge on any atom is -0.285 e. The lowest BCUT2D eigenvalue weighted by atomic mass is 9.78. The summed E-state index contributed by atoms with van der Waals surface area (Å²) in [6.07, 6.45) is 7.61. The van der Waals surface area contributed by atoms with Crippen LogP contribution in [0.1, 0.15) is 45.6 Å². The summed E-state index contributed by atoms with van der Waals surface area (Å²) < 4.78 is 0. The van der Waals surface area contributed by atoms with Crippen molar-refractivity contribution in [3.63, 3.8) is 0 Å². The lowest BCUT2D eigenvalue weighted by Crippen LogP contribution is -2.19. The summed E-state index contributed by atoms with van der Waals surface area (Å²) in [7, 11) is 0. The second kappa shape index (κ2) is 3.74. The molecule has 0 aliphatic rings. The maximum absolute atomic E-state index is 3.99. The van der Waals surface area contributed by atoms with Crippen molar-refractivity contribution in [3.05, 3.63) is 18.0 Å². The highest BCUT2D eigenvalue weighted by atomic mass is 15.1. The van der Waals surface area contributed by atoms with E-state index in [4.69, 9.17) is 0 Å². The van der Waals surface area contributed by atoms with E-state index in [-0.39, 0.29) is 0 Å². The van der Waals surface area contributed by atoms with Gasteiger partial charge in [-0.1, -0.05) is 27.2 Å². The summed E-state index contributed by atoms with van der Waals surface area (Å²) in [5.74, 6) is 0. The van der Waals surface area contributed by atoms with Crippen LogP contribution in [0.5, 0.6) is 0 Å². The summed E-state index contributed by atoms with van der Waals surface area (Å²) >= 11 is 0. The number of nitrogens with zero attached hydrogens (tertiary/aromatic N) is 1. The van der Waals surface area contributed by atoms with Crippen LogP contribution in [-0.2, 0) is 5.41 Å². The second-order valence-corrected chi connectivity index (χ2v) is 3.65. The zero-order valence-corrected chi connectivity index (χ0v) is 8.22. The van der Waals surface area contributed by atoms with Crippen LogP contribution in [-0.4, -0.2) is 10.2 Å². The fraction of sp³-hybridized carbons (Fsp3) is 0.700. The zero-order valence-electron chi connectivity index (χ0n) is 8.22. The average molecular weight is 166 g/mol. The van der Waals surface area contributed by atoms with Crippen molar-refractivity contribution < 1.29 is 0 Å². The molecule has 0 saturated heterocycles. The van der Waals surface area contributed by atoms with E-state index in [2.05, 4.69) is 31.0 Å². The van der Waals surface area contributed by atoms with Gasteiger partial charge in [-0.2, -0.15) is 5.10 Å². The first kappa shape index (κ1) is 9.30. The topological polar surface area (TPSA) is 28.7 Å². The van der Waals surface area contributed by atoms with E-state index in [0.29, 0.717) is 5.41 Å². The number of H-pyrrole nitrogens is 1. The Morgan fingerprint density at radius 2 is 2.25 bits per heavy atom. The smallest absolute Gasteiger partial charge is 0.0524 e. The van der Waals surface area contributed by atoms with Crippen LogP contribution in [0.15, 0.2) is 12.4 Å². The van der Waals surface area contributed by atoms with Gasteiger partial charge in [0.05, 0.1) is 6.20 Å². The summed E-state index contributed by atoms with van der Waals surface area (Å²) in [4.78, 5) is 0. The molecule has 0 spiro atoms. The molecule has 2 heteroatoms. The van der Waals surface area contributed by atoms with Gasteiger partial charge in [-0.05, 0) is 23.8 Å².